The van der Waals surface area contributed by atoms with Crippen molar-refractivity contribution in [1.82, 2.24) is 10.6 Å². The minimum absolute atomic E-state index is 0.267. The third-order valence-corrected chi connectivity index (χ3v) is 2.89. The number of aliphatic hydroxyl groups excluding tert-OH is 1. The molecule has 0 heterocycles. The van der Waals surface area contributed by atoms with Crippen LogP contribution in [0.15, 0.2) is 24.3 Å². The van der Waals surface area contributed by atoms with Gasteiger partial charge < -0.3 is 20.5 Å². The second-order valence-corrected chi connectivity index (χ2v) is 5.59. The van der Waals surface area contributed by atoms with Crippen molar-refractivity contribution >= 4 is 6.03 Å². The van der Waals surface area contributed by atoms with Crippen molar-refractivity contribution in [2.75, 3.05) is 19.7 Å². The number of rotatable bonds is 8. The minimum Gasteiger partial charge on any atom is -0.492 e. The van der Waals surface area contributed by atoms with E-state index in [1.807, 2.05) is 45.0 Å². The number of nitrogens with one attached hydrogen (secondary N) is 2. The molecule has 1 unspecified atom stereocenters. The maximum atomic E-state index is 11.5. The molecule has 2 amide bonds. The van der Waals surface area contributed by atoms with Gasteiger partial charge in [-0.1, -0.05) is 26.0 Å². The van der Waals surface area contributed by atoms with Crippen LogP contribution < -0.4 is 15.4 Å². The van der Waals surface area contributed by atoms with Crippen molar-refractivity contribution in [1.29, 1.82) is 0 Å². The molecule has 0 spiro atoms. The lowest BCUT2D eigenvalue weighted by Crippen LogP contribution is -2.41. The van der Waals surface area contributed by atoms with E-state index in [1.54, 1.807) is 0 Å². The van der Waals surface area contributed by atoms with Crippen molar-refractivity contribution in [2.45, 2.75) is 33.3 Å². The summed E-state index contributed by atoms with van der Waals surface area (Å²) < 4.78 is 5.52. The zero-order chi connectivity index (χ0) is 15.7. The van der Waals surface area contributed by atoms with E-state index in [9.17, 15) is 9.90 Å². The van der Waals surface area contributed by atoms with E-state index in [4.69, 9.17) is 4.74 Å². The highest BCUT2D eigenvalue weighted by atomic mass is 16.5. The summed E-state index contributed by atoms with van der Waals surface area (Å²) in [6.45, 7) is 7.16. The summed E-state index contributed by atoms with van der Waals surface area (Å²) in [5.41, 5.74) is 1.14. The van der Waals surface area contributed by atoms with Crippen LogP contribution in [-0.4, -0.2) is 36.9 Å². The number of carbonyl (C=O) groups excluding carboxylic acids is 1. The Morgan fingerprint density at radius 3 is 2.76 bits per heavy atom. The van der Waals surface area contributed by atoms with Gasteiger partial charge in [0.05, 0.1) is 12.6 Å². The fourth-order valence-corrected chi connectivity index (χ4v) is 1.94. The van der Waals surface area contributed by atoms with E-state index in [0.717, 1.165) is 11.3 Å². The molecule has 1 aromatic carbocycles. The zero-order valence-corrected chi connectivity index (χ0v) is 13.1. The Morgan fingerprint density at radius 2 is 2.10 bits per heavy atom. The molecule has 0 aliphatic heterocycles. The number of hydrogen-bond acceptors (Lipinski definition) is 3. The summed E-state index contributed by atoms with van der Waals surface area (Å²) >= 11 is 0. The number of aryl methyl sites for hydroxylation is 1. The number of ether oxygens (including phenoxy) is 1. The number of aliphatic hydroxyl groups is 1. The van der Waals surface area contributed by atoms with Gasteiger partial charge >= 0.3 is 6.03 Å². The highest BCUT2D eigenvalue weighted by Gasteiger charge is 2.08. The van der Waals surface area contributed by atoms with Crippen molar-refractivity contribution in [2.24, 2.45) is 5.92 Å². The van der Waals surface area contributed by atoms with Crippen LogP contribution in [0.5, 0.6) is 5.75 Å². The van der Waals surface area contributed by atoms with Gasteiger partial charge in [0.2, 0.25) is 0 Å². The lowest BCUT2D eigenvalue weighted by Gasteiger charge is -2.14. The largest absolute Gasteiger partial charge is 0.492 e. The molecule has 1 rings (SSSR count). The summed E-state index contributed by atoms with van der Waals surface area (Å²) in [5, 5.41) is 15.0. The van der Waals surface area contributed by atoms with E-state index < -0.39 is 6.10 Å². The molecule has 5 nitrogen and oxygen atoms in total. The van der Waals surface area contributed by atoms with Crippen LogP contribution in [0, 0.1) is 12.8 Å². The van der Waals surface area contributed by atoms with Gasteiger partial charge in [0, 0.05) is 6.54 Å². The maximum absolute atomic E-state index is 11.5. The molecule has 0 aliphatic carbocycles. The average molecular weight is 294 g/mol. The topological polar surface area (TPSA) is 70.6 Å². The third-order valence-electron chi connectivity index (χ3n) is 2.89. The summed E-state index contributed by atoms with van der Waals surface area (Å²) in [6, 6.07) is 7.48. The van der Waals surface area contributed by atoms with E-state index in [0.29, 0.717) is 25.5 Å². The Bertz CT molecular complexity index is 435. The number of carbonyl (C=O) groups is 1. The fraction of sp³-hybridized carbons (Fsp3) is 0.562. The molecule has 0 radical (unpaired) electrons. The Labute approximate surface area is 126 Å². The first kappa shape index (κ1) is 17.3. The van der Waals surface area contributed by atoms with E-state index >= 15 is 0 Å². The standard InChI is InChI=1S/C16H26N2O3/c1-12(2)9-14(19)11-18-16(20)17-7-8-21-15-6-4-5-13(3)10-15/h4-6,10,12,14,19H,7-9,11H2,1-3H3,(H2,17,18,20). The lowest BCUT2D eigenvalue weighted by atomic mass is 10.1. The van der Waals surface area contributed by atoms with Gasteiger partial charge in [0.1, 0.15) is 12.4 Å². The number of benzene rings is 1. The van der Waals surface area contributed by atoms with Crippen LogP contribution >= 0.6 is 0 Å². The van der Waals surface area contributed by atoms with Gasteiger partial charge in [0.15, 0.2) is 0 Å². The van der Waals surface area contributed by atoms with Crippen LogP contribution in [0.4, 0.5) is 4.79 Å². The molecule has 1 atom stereocenters. The number of amides is 2. The summed E-state index contributed by atoms with van der Waals surface area (Å²) in [5.74, 6) is 1.21. The van der Waals surface area contributed by atoms with Gasteiger partial charge in [-0.2, -0.15) is 0 Å². The quantitative estimate of drug-likeness (QED) is 0.643. The zero-order valence-electron chi connectivity index (χ0n) is 13.1. The molecule has 0 saturated heterocycles. The minimum atomic E-state index is -0.501. The van der Waals surface area contributed by atoms with Crippen molar-refractivity contribution < 1.29 is 14.6 Å². The van der Waals surface area contributed by atoms with E-state index in [-0.39, 0.29) is 12.6 Å². The van der Waals surface area contributed by atoms with Crippen LogP contribution in [0.2, 0.25) is 0 Å². The monoisotopic (exact) mass is 294 g/mol. The van der Waals surface area contributed by atoms with Crippen LogP contribution in [0.3, 0.4) is 0 Å². The van der Waals surface area contributed by atoms with Gasteiger partial charge in [-0.05, 0) is 37.0 Å². The van der Waals surface area contributed by atoms with Crippen LogP contribution in [0.25, 0.3) is 0 Å². The molecule has 1 aromatic rings. The predicted octanol–water partition coefficient (Wildman–Crippen LogP) is 2.08. The average Bonchev–Trinajstić information content (AvgIpc) is 2.41. The number of urea groups is 1. The van der Waals surface area contributed by atoms with Crippen molar-refractivity contribution in [3.05, 3.63) is 29.8 Å². The van der Waals surface area contributed by atoms with E-state index in [1.165, 1.54) is 0 Å². The summed E-state index contributed by atoms with van der Waals surface area (Å²) in [6.07, 6.45) is 0.177. The molecule has 0 aliphatic rings. The predicted molar refractivity (Wildman–Crippen MR) is 83.5 cm³/mol. The Hall–Kier alpha value is -1.75. The molecule has 5 heteroatoms. The summed E-state index contributed by atoms with van der Waals surface area (Å²) in [7, 11) is 0. The van der Waals surface area contributed by atoms with Crippen LogP contribution in [-0.2, 0) is 0 Å². The lowest BCUT2D eigenvalue weighted by molar-refractivity contribution is 0.146. The van der Waals surface area contributed by atoms with Gasteiger partial charge in [0.25, 0.3) is 0 Å². The molecular weight excluding hydrogens is 268 g/mol. The van der Waals surface area contributed by atoms with Crippen LogP contribution in [0.1, 0.15) is 25.8 Å². The smallest absolute Gasteiger partial charge is 0.315 e. The molecular formula is C16H26N2O3. The normalized spacial score (nSPS) is 12.0. The van der Waals surface area contributed by atoms with Gasteiger partial charge in [-0.3, -0.25) is 0 Å². The molecule has 0 bridgehead atoms. The SMILES string of the molecule is Cc1cccc(OCCNC(=O)NCC(O)CC(C)C)c1. The second kappa shape index (κ2) is 9.23. The highest BCUT2D eigenvalue weighted by molar-refractivity contribution is 5.73. The first-order valence-corrected chi connectivity index (χ1v) is 7.36. The van der Waals surface area contributed by atoms with Crippen molar-refractivity contribution in [3.63, 3.8) is 0 Å². The Morgan fingerprint density at radius 1 is 1.33 bits per heavy atom. The van der Waals surface area contributed by atoms with E-state index in [2.05, 4.69) is 10.6 Å². The fourth-order valence-electron chi connectivity index (χ4n) is 1.94. The molecule has 0 fully saturated rings. The first-order valence-electron chi connectivity index (χ1n) is 7.36. The van der Waals surface area contributed by atoms with Crippen molar-refractivity contribution in [3.8, 4) is 5.75 Å². The second-order valence-electron chi connectivity index (χ2n) is 5.59. The Kier molecular flexibility index (Phi) is 7.61. The molecule has 0 saturated carbocycles. The molecule has 0 aromatic heterocycles. The maximum Gasteiger partial charge on any atom is 0.315 e. The first-order chi connectivity index (χ1) is 9.97. The number of hydrogen-bond donors (Lipinski definition) is 3. The molecule has 118 valence electrons. The Balaban J connectivity index is 2.11. The summed E-state index contributed by atoms with van der Waals surface area (Å²) in [4.78, 5) is 11.5. The highest BCUT2D eigenvalue weighted by Crippen LogP contribution is 2.11. The van der Waals surface area contributed by atoms with Gasteiger partial charge in [-0.25, -0.2) is 4.79 Å². The molecule has 3 N–H and O–H groups in total. The molecule has 21 heavy (non-hydrogen) atoms. The third kappa shape index (κ3) is 8.19. The van der Waals surface area contributed by atoms with Gasteiger partial charge in [-0.15, -0.1) is 0 Å².